The number of hydrogen-bond acceptors (Lipinski definition) is 4. The van der Waals surface area contributed by atoms with Gasteiger partial charge in [0.15, 0.2) is 11.5 Å². The Bertz CT molecular complexity index is 596. The summed E-state index contributed by atoms with van der Waals surface area (Å²) >= 11 is 4.17. The third-order valence-electron chi connectivity index (χ3n) is 2.57. The lowest BCUT2D eigenvalue weighted by atomic mass is 10.2. The summed E-state index contributed by atoms with van der Waals surface area (Å²) in [4.78, 5) is 12.8. The highest BCUT2D eigenvalue weighted by molar-refractivity contribution is 7.80. The van der Waals surface area contributed by atoms with E-state index in [1.165, 1.54) is 25.3 Å². The molecule has 5 heteroatoms. The van der Waals surface area contributed by atoms with E-state index in [0.717, 1.165) is 4.90 Å². The average Bonchev–Trinajstić information content (AvgIpc) is 2.42. The van der Waals surface area contributed by atoms with Gasteiger partial charge in [-0.1, -0.05) is 0 Å². The number of phenolic OH excluding ortho intramolecular Hbond substituents is 1. The van der Waals surface area contributed by atoms with Crippen molar-refractivity contribution < 1.29 is 14.6 Å². The average molecular weight is 275 g/mol. The SMILES string of the molecule is COc1cc(C(=O)Nc2ccc(S)cc2)ccc1O. The molecule has 0 unspecified atom stereocenters. The maximum atomic E-state index is 12.0. The first-order valence-corrected chi connectivity index (χ1v) is 6.02. The molecule has 0 atom stereocenters. The van der Waals surface area contributed by atoms with Crippen molar-refractivity contribution in [1.29, 1.82) is 0 Å². The Labute approximate surface area is 116 Å². The third kappa shape index (κ3) is 3.20. The van der Waals surface area contributed by atoms with Crippen LogP contribution in [-0.4, -0.2) is 18.1 Å². The standard InChI is InChI=1S/C14H13NO3S/c1-18-13-8-9(2-7-12(13)16)14(17)15-10-3-5-11(19)6-4-10/h2-8,16,19H,1H3,(H,15,17). The number of ether oxygens (including phenoxy) is 1. The quantitative estimate of drug-likeness (QED) is 0.755. The van der Waals surface area contributed by atoms with E-state index >= 15 is 0 Å². The maximum absolute atomic E-state index is 12.0. The summed E-state index contributed by atoms with van der Waals surface area (Å²) in [6, 6.07) is 11.5. The molecular weight excluding hydrogens is 262 g/mol. The van der Waals surface area contributed by atoms with Crippen molar-refractivity contribution in [1.82, 2.24) is 0 Å². The van der Waals surface area contributed by atoms with Crippen LogP contribution in [0.2, 0.25) is 0 Å². The van der Waals surface area contributed by atoms with Gasteiger partial charge >= 0.3 is 0 Å². The Morgan fingerprint density at radius 1 is 1.21 bits per heavy atom. The number of phenols is 1. The van der Waals surface area contributed by atoms with Crippen LogP contribution in [0.1, 0.15) is 10.4 Å². The molecule has 19 heavy (non-hydrogen) atoms. The highest BCUT2D eigenvalue weighted by Gasteiger charge is 2.09. The van der Waals surface area contributed by atoms with Gasteiger partial charge in [0.25, 0.3) is 5.91 Å². The minimum atomic E-state index is -0.273. The summed E-state index contributed by atoms with van der Waals surface area (Å²) in [5, 5.41) is 12.2. The maximum Gasteiger partial charge on any atom is 0.255 e. The van der Waals surface area contributed by atoms with E-state index in [1.807, 2.05) is 0 Å². The molecule has 0 aliphatic carbocycles. The topological polar surface area (TPSA) is 58.6 Å². The van der Waals surface area contributed by atoms with Crippen LogP contribution in [0.5, 0.6) is 11.5 Å². The van der Waals surface area contributed by atoms with Crippen molar-refractivity contribution >= 4 is 24.2 Å². The summed E-state index contributed by atoms with van der Waals surface area (Å²) < 4.78 is 4.96. The van der Waals surface area contributed by atoms with E-state index in [9.17, 15) is 9.90 Å². The third-order valence-corrected chi connectivity index (χ3v) is 2.87. The predicted molar refractivity (Wildman–Crippen MR) is 76.3 cm³/mol. The summed E-state index contributed by atoms with van der Waals surface area (Å²) in [5.41, 5.74) is 1.08. The van der Waals surface area contributed by atoms with Crippen molar-refractivity contribution in [3.05, 3.63) is 48.0 Å². The van der Waals surface area contributed by atoms with Crippen LogP contribution in [-0.2, 0) is 0 Å². The Hall–Kier alpha value is -2.14. The molecule has 2 rings (SSSR count). The molecule has 0 saturated heterocycles. The first-order valence-electron chi connectivity index (χ1n) is 5.57. The van der Waals surface area contributed by atoms with Gasteiger partial charge in [-0.25, -0.2) is 0 Å². The minimum Gasteiger partial charge on any atom is -0.504 e. The Morgan fingerprint density at radius 2 is 1.89 bits per heavy atom. The van der Waals surface area contributed by atoms with Gasteiger partial charge in [-0.15, -0.1) is 12.6 Å². The molecule has 2 N–H and O–H groups in total. The molecule has 2 aromatic rings. The van der Waals surface area contributed by atoms with E-state index in [4.69, 9.17) is 4.74 Å². The Morgan fingerprint density at radius 3 is 2.53 bits per heavy atom. The fourth-order valence-electron chi connectivity index (χ4n) is 1.57. The monoisotopic (exact) mass is 275 g/mol. The molecule has 0 heterocycles. The molecular formula is C14H13NO3S. The van der Waals surface area contributed by atoms with Crippen LogP contribution >= 0.6 is 12.6 Å². The lowest BCUT2D eigenvalue weighted by Crippen LogP contribution is -2.11. The van der Waals surface area contributed by atoms with Gasteiger partial charge in [0.1, 0.15) is 0 Å². The number of thiol groups is 1. The van der Waals surface area contributed by atoms with E-state index in [2.05, 4.69) is 17.9 Å². The van der Waals surface area contributed by atoms with Crippen molar-refractivity contribution in [2.45, 2.75) is 4.90 Å². The Balaban J connectivity index is 2.18. The first kappa shape index (κ1) is 13.3. The zero-order chi connectivity index (χ0) is 13.8. The number of nitrogens with one attached hydrogen (secondary N) is 1. The van der Waals surface area contributed by atoms with Crippen LogP contribution in [0, 0.1) is 0 Å². The van der Waals surface area contributed by atoms with Crippen LogP contribution in [0.15, 0.2) is 47.4 Å². The predicted octanol–water partition coefficient (Wildman–Crippen LogP) is 2.94. The molecule has 98 valence electrons. The van der Waals surface area contributed by atoms with Gasteiger partial charge in [0.05, 0.1) is 7.11 Å². The van der Waals surface area contributed by atoms with E-state index in [1.54, 1.807) is 24.3 Å². The van der Waals surface area contributed by atoms with Crippen molar-refractivity contribution in [3.8, 4) is 11.5 Å². The minimum absolute atomic E-state index is 0.00141. The number of benzene rings is 2. The highest BCUT2D eigenvalue weighted by Crippen LogP contribution is 2.26. The molecule has 0 radical (unpaired) electrons. The fourth-order valence-corrected chi connectivity index (χ4v) is 1.72. The summed E-state index contributed by atoms with van der Waals surface area (Å²) in [6.07, 6.45) is 0. The molecule has 0 bridgehead atoms. The number of carbonyl (C=O) groups is 1. The lowest BCUT2D eigenvalue weighted by Gasteiger charge is -2.08. The molecule has 0 aliphatic heterocycles. The molecule has 4 nitrogen and oxygen atoms in total. The summed E-state index contributed by atoms with van der Waals surface area (Å²) in [7, 11) is 1.43. The fraction of sp³-hybridized carbons (Fsp3) is 0.0714. The highest BCUT2D eigenvalue weighted by atomic mass is 32.1. The smallest absolute Gasteiger partial charge is 0.255 e. The number of aromatic hydroxyl groups is 1. The molecule has 0 aromatic heterocycles. The number of amides is 1. The second-order valence-electron chi connectivity index (χ2n) is 3.89. The zero-order valence-corrected chi connectivity index (χ0v) is 11.1. The van der Waals surface area contributed by atoms with Crippen molar-refractivity contribution in [2.75, 3.05) is 12.4 Å². The first-order chi connectivity index (χ1) is 9.10. The lowest BCUT2D eigenvalue weighted by molar-refractivity contribution is 0.102. The van der Waals surface area contributed by atoms with Gasteiger partial charge < -0.3 is 15.2 Å². The number of anilines is 1. The number of hydrogen-bond donors (Lipinski definition) is 3. The largest absolute Gasteiger partial charge is 0.504 e. The molecule has 0 saturated carbocycles. The van der Waals surface area contributed by atoms with Crippen LogP contribution < -0.4 is 10.1 Å². The summed E-state index contributed by atoms with van der Waals surface area (Å²) in [5.74, 6) is -0.0120. The van der Waals surface area contributed by atoms with E-state index in [-0.39, 0.29) is 17.4 Å². The van der Waals surface area contributed by atoms with Gasteiger partial charge in [0, 0.05) is 16.1 Å². The van der Waals surface area contributed by atoms with Gasteiger partial charge in [-0.05, 0) is 42.5 Å². The van der Waals surface area contributed by atoms with Gasteiger partial charge in [-0.3, -0.25) is 4.79 Å². The molecule has 0 spiro atoms. The number of methoxy groups -OCH3 is 1. The molecule has 1 amide bonds. The van der Waals surface area contributed by atoms with E-state index < -0.39 is 0 Å². The van der Waals surface area contributed by atoms with E-state index in [0.29, 0.717) is 11.3 Å². The van der Waals surface area contributed by atoms with Crippen LogP contribution in [0.4, 0.5) is 5.69 Å². The number of rotatable bonds is 3. The summed E-state index contributed by atoms with van der Waals surface area (Å²) in [6.45, 7) is 0. The second kappa shape index (κ2) is 5.67. The normalized spacial score (nSPS) is 10.0. The van der Waals surface area contributed by atoms with Crippen molar-refractivity contribution in [3.63, 3.8) is 0 Å². The van der Waals surface area contributed by atoms with Crippen molar-refractivity contribution in [2.24, 2.45) is 0 Å². The second-order valence-corrected chi connectivity index (χ2v) is 4.40. The van der Waals surface area contributed by atoms with Gasteiger partial charge in [0.2, 0.25) is 0 Å². The molecule has 0 fully saturated rings. The molecule has 2 aromatic carbocycles. The number of carbonyl (C=O) groups excluding carboxylic acids is 1. The van der Waals surface area contributed by atoms with Crippen LogP contribution in [0.25, 0.3) is 0 Å². The van der Waals surface area contributed by atoms with Crippen LogP contribution in [0.3, 0.4) is 0 Å². The Kier molecular flexibility index (Phi) is 3.97. The zero-order valence-electron chi connectivity index (χ0n) is 10.3. The van der Waals surface area contributed by atoms with Gasteiger partial charge in [-0.2, -0.15) is 0 Å². The molecule has 0 aliphatic rings.